The summed E-state index contributed by atoms with van der Waals surface area (Å²) < 4.78 is 14.3. The summed E-state index contributed by atoms with van der Waals surface area (Å²) in [7, 11) is 0. The third-order valence-electron chi connectivity index (χ3n) is 6.92. The van der Waals surface area contributed by atoms with Crippen molar-refractivity contribution in [2.24, 2.45) is 0 Å². The van der Waals surface area contributed by atoms with Gasteiger partial charge in [-0.2, -0.15) is 0 Å². The molecule has 0 amide bonds. The molecule has 1 unspecified atom stereocenters. The molecule has 6 nitrogen and oxygen atoms in total. The van der Waals surface area contributed by atoms with Crippen LogP contribution in [-0.4, -0.2) is 59.2 Å². The van der Waals surface area contributed by atoms with Crippen molar-refractivity contribution in [3.63, 3.8) is 0 Å². The van der Waals surface area contributed by atoms with Gasteiger partial charge in [0, 0.05) is 36.6 Å². The van der Waals surface area contributed by atoms with Crippen molar-refractivity contribution in [3.05, 3.63) is 63.3 Å². The van der Waals surface area contributed by atoms with Crippen molar-refractivity contribution in [3.8, 4) is 5.75 Å². The number of benzene rings is 2. The van der Waals surface area contributed by atoms with E-state index in [2.05, 4.69) is 56.6 Å². The molecule has 0 radical (unpaired) electrons. The Labute approximate surface area is 225 Å². The number of esters is 1. The summed E-state index contributed by atoms with van der Waals surface area (Å²) in [5, 5.41) is 12.1. The molecule has 1 atom stereocenters. The molecule has 8 heteroatoms. The number of hydrogen-bond donors (Lipinski definition) is 1. The molecule has 0 spiro atoms. The average Bonchev–Trinajstić information content (AvgIpc) is 3.68. The zero-order valence-electron chi connectivity index (χ0n) is 20.8. The van der Waals surface area contributed by atoms with E-state index in [0.29, 0.717) is 42.4 Å². The minimum Gasteiger partial charge on any atom is -0.506 e. The van der Waals surface area contributed by atoms with Crippen molar-refractivity contribution in [2.75, 3.05) is 38.7 Å². The maximum absolute atomic E-state index is 13.7. The van der Waals surface area contributed by atoms with Gasteiger partial charge in [0.1, 0.15) is 5.75 Å². The Morgan fingerprint density at radius 2 is 1.94 bits per heavy atom. The van der Waals surface area contributed by atoms with Crippen LogP contribution in [0.25, 0.3) is 10.9 Å². The lowest BCUT2D eigenvalue weighted by molar-refractivity contribution is 0.0340. The van der Waals surface area contributed by atoms with Gasteiger partial charge >= 0.3 is 5.97 Å². The number of thioether (sulfide) groups is 1. The minimum absolute atomic E-state index is 0.0271. The number of carbonyl (C=O) groups is 1. The maximum atomic E-state index is 13.7. The van der Waals surface area contributed by atoms with E-state index in [1.165, 1.54) is 0 Å². The van der Waals surface area contributed by atoms with E-state index < -0.39 is 0 Å². The van der Waals surface area contributed by atoms with Crippen LogP contribution in [0.2, 0.25) is 0 Å². The molecule has 1 aromatic heterocycles. The molecule has 2 aromatic carbocycles. The zero-order chi connectivity index (χ0) is 25.2. The predicted molar refractivity (Wildman–Crippen MR) is 148 cm³/mol. The topological polar surface area (TPSA) is 63.9 Å². The molecule has 0 bridgehead atoms. The number of halogens is 1. The summed E-state index contributed by atoms with van der Waals surface area (Å²) in [6.45, 7) is 7.75. The van der Waals surface area contributed by atoms with Crippen LogP contribution in [-0.2, 0) is 16.0 Å². The van der Waals surface area contributed by atoms with Gasteiger partial charge in [0.2, 0.25) is 0 Å². The fourth-order valence-electron chi connectivity index (χ4n) is 5.18. The highest BCUT2D eigenvalue weighted by molar-refractivity contribution is 9.10. The van der Waals surface area contributed by atoms with Gasteiger partial charge in [-0.05, 0) is 53.1 Å². The van der Waals surface area contributed by atoms with E-state index in [4.69, 9.17) is 9.47 Å². The summed E-state index contributed by atoms with van der Waals surface area (Å²) in [6.07, 6.45) is 2.16. The largest absolute Gasteiger partial charge is 0.506 e. The first kappa shape index (κ1) is 25.6. The Morgan fingerprint density at radius 3 is 2.58 bits per heavy atom. The van der Waals surface area contributed by atoms with E-state index in [1.807, 2.05) is 30.8 Å². The Balaban J connectivity index is 1.81. The molecular weight excluding hydrogens is 540 g/mol. The van der Waals surface area contributed by atoms with E-state index in [9.17, 15) is 9.90 Å². The van der Waals surface area contributed by atoms with Crippen molar-refractivity contribution in [2.45, 2.75) is 44.5 Å². The molecule has 3 aromatic rings. The number of phenolic OH excluding ortho intramolecular Hbond substituents is 1. The van der Waals surface area contributed by atoms with Gasteiger partial charge in [0.05, 0.1) is 46.3 Å². The number of phenols is 1. The molecule has 1 N–H and O–H groups in total. The Morgan fingerprint density at radius 1 is 1.22 bits per heavy atom. The van der Waals surface area contributed by atoms with Crippen molar-refractivity contribution in [1.29, 1.82) is 0 Å². The SMILES string of the molecule is CCOC(=O)c1c(C(SCC)c2ccccc2)n(C2CC2)c2cc(Br)c(O)c(CN3CCOCC3)c12. The molecule has 5 rings (SSSR count). The summed E-state index contributed by atoms with van der Waals surface area (Å²) in [4.78, 5) is 16.0. The first-order chi connectivity index (χ1) is 17.5. The smallest absolute Gasteiger partial charge is 0.340 e. The van der Waals surface area contributed by atoms with Gasteiger partial charge in [-0.15, -0.1) is 11.8 Å². The van der Waals surface area contributed by atoms with Crippen LogP contribution < -0.4 is 0 Å². The lowest BCUT2D eigenvalue weighted by Crippen LogP contribution is -2.35. The molecule has 2 aliphatic rings. The second-order valence-electron chi connectivity index (χ2n) is 9.30. The van der Waals surface area contributed by atoms with Gasteiger partial charge in [-0.1, -0.05) is 37.3 Å². The lowest BCUT2D eigenvalue weighted by Gasteiger charge is -2.27. The van der Waals surface area contributed by atoms with E-state index in [-0.39, 0.29) is 17.0 Å². The number of aromatic hydroxyl groups is 1. The monoisotopic (exact) mass is 572 g/mol. The second-order valence-corrected chi connectivity index (χ2v) is 11.5. The van der Waals surface area contributed by atoms with Gasteiger partial charge in [-0.3, -0.25) is 4.90 Å². The Hall–Kier alpha value is -2.00. The summed E-state index contributed by atoms with van der Waals surface area (Å²) in [6, 6.07) is 12.7. The number of carbonyl (C=O) groups excluding carboxylic acids is 1. The van der Waals surface area contributed by atoms with Crippen LogP contribution in [0.1, 0.15) is 65.2 Å². The zero-order valence-corrected chi connectivity index (χ0v) is 23.2. The van der Waals surface area contributed by atoms with Crippen molar-refractivity contribution in [1.82, 2.24) is 9.47 Å². The Kier molecular flexibility index (Phi) is 7.96. The molecule has 1 aliphatic heterocycles. The fraction of sp³-hybridized carbons (Fsp3) is 0.464. The lowest BCUT2D eigenvalue weighted by atomic mass is 10.00. The highest BCUT2D eigenvalue weighted by Gasteiger charge is 2.38. The molecule has 1 aliphatic carbocycles. The normalized spacial score (nSPS) is 17.4. The number of morpholine rings is 1. The van der Waals surface area contributed by atoms with Crippen molar-refractivity contribution >= 4 is 44.6 Å². The summed E-state index contributed by atoms with van der Waals surface area (Å²) in [5.74, 6) is 0.779. The minimum atomic E-state index is -0.320. The standard InChI is InChI=1S/C28H33BrN2O4S/c1-3-35-28(33)24-23-20(17-30-12-14-34-15-13-30)26(32)21(29)16-22(23)31(19-10-11-19)25(24)27(36-4-2)18-8-6-5-7-9-18/h5-9,16,19,27,32H,3-4,10-15,17H2,1-2H3. The molecule has 1 saturated heterocycles. The number of aromatic nitrogens is 1. The summed E-state index contributed by atoms with van der Waals surface area (Å²) in [5.41, 5.74) is 4.52. The van der Waals surface area contributed by atoms with Crippen LogP contribution in [0.4, 0.5) is 0 Å². The first-order valence-electron chi connectivity index (χ1n) is 12.8. The van der Waals surface area contributed by atoms with Gasteiger partial charge in [0.25, 0.3) is 0 Å². The highest BCUT2D eigenvalue weighted by Crippen LogP contribution is 2.50. The number of ether oxygens (including phenoxy) is 2. The third kappa shape index (κ3) is 4.93. The van der Waals surface area contributed by atoms with Crippen LogP contribution >= 0.6 is 27.7 Å². The van der Waals surface area contributed by atoms with Crippen LogP contribution in [0.3, 0.4) is 0 Å². The fourth-order valence-corrected chi connectivity index (χ4v) is 6.71. The van der Waals surface area contributed by atoms with Gasteiger partial charge in [-0.25, -0.2) is 4.79 Å². The number of rotatable bonds is 9. The first-order valence-corrected chi connectivity index (χ1v) is 14.6. The van der Waals surface area contributed by atoms with Crippen LogP contribution in [0, 0.1) is 0 Å². The number of hydrogen-bond acceptors (Lipinski definition) is 6. The predicted octanol–water partition coefficient (Wildman–Crippen LogP) is 6.30. The number of nitrogens with zero attached hydrogens (tertiary/aromatic N) is 2. The molecule has 2 fully saturated rings. The Bertz CT molecular complexity index is 1240. The molecule has 36 heavy (non-hydrogen) atoms. The third-order valence-corrected chi connectivity index (χ3v) is 8.69. The van der Waals surface area contributed by atoms with Crippen LogP contribution in [0.15, 0.2) is 40.9 Å². The maximum Gasteiger partial charge on any atom is 0.340 e. The van der Waals surface area contributed by atoms with Gasteiger partial charge < -0.3 is 19.1 Å². The quantitative estimate of drug-likeness (QED) is 0.304. The summed E-state index contributed by atoms with van der Waals surface area (Å²) >= 11 is 5.45. The number of fused-ring (bicyclic) bond motifs is 1. The van der Waals surface area contributed by atoms with Gasteiger partial charge in [0.15, 0.2) is 0 Å². The van der Waals surface area contributed by atoms with E-state index in [0.717, 1.165) is 59.4 Å². The highest BCUT2D eigenvalue weighted by atomic mass is 79.9. The molecular formula is C28H33BrN2O4S. The molecule has 2 heterocycles. The van der Waals surface area contributed by atoms with E-state index >= 15 is 0 Å². The average molecular weight is 574 g/mol. The molecule has 1 saturated carbocycles. The molecule has 192 valence electrons. The van der Waals surface area contributed by atoms with Crippen LogP contribution in [0.5, 0.6) is 5.75 Å². The second kappa shape index (κ2) is 11.2. The van der Waals surface area contributed by atoms with E-state index in [1.54, 1.807) is 0 Å². The van der Waals surface area contributed by atoms with Crippen molar-refractivity contribution < 1.29 is 19.4 Å².